The third kappa shape index (κ3) is 4.60. The van der Waals surface area contributed by atoms with Crippen LogP contribution >= 0.6 is 0 Å². The summed E-state index contributed by atoms with van der Waals surface area (Å²) in [6, 6.07) is 13.9. The van der Waals surface area contributed by atoms with Gasteiger partial charge in [-0.1, -0.05) is 36.9 Å². The van der Waals surface area contributed by atoms with Crippen LogP contribution in [0.25, 0.3) is 10.8 Å². The van der Waals surface area contributed by atoms with E-state index in [1.165, 1.54) is 0 Å². The molecule has 0 heterocycles. The second-order valence-electron chi connectivity index (χ2n) is 4.74. The first-order valence-corrected chi connectivity index (χ1v) is 7.25. The number of hydrogen-bond donors (Lipinski definition) is 0. The number of benzene rings is 2. The van der Waals surface area contributed by atoms with Crippen molar-refractivity contribution in [2.75, 3.05) is 19.8 Å². The van der Waals surface area contributed by atoms with E-state index in [2.05, 4.69) is 6.58 Å². The van der Waals surface area contributed by atoms with Crippen LogP contribution in [0.15, 0.2) is 55.1 Å². The molecule has 22 heavy (non-hydrogen) atoms. The largest absolute Gasteiger partial charge is 0.490 e. The summed E-state index contributed by atoms with van der Waals surface area (Å²) < 4.78 is 16.2. The van der Waals surface area contributed by atoms with Crippen LogP contribution in [-0.2, 0) is 14.3 Å². The molecule has 4 heteroatoms. The molecule has 0 aliphatic carbocycles. The van der Waals surface area contributed by atoms with E-state index < -0.39 is 12.1 Å². The van der Waals surface area contributed by atoms with Crippen molar-refractivity contribution in [2.24, 2.45) is 0 Å². The van der Waals surface area contributed by atoms with Gasteiger partial charge in [0.2, 0.25) is 0 Å². The Morgan fingerprint density at radius 1 is 1.18 bits per heavy atom. The average molecular weight is 300 g/mol. The van der Waals surface area contributed by atoms with E-state index in [4.69, 9.17) is 14.2 Å². The van der Waals surface area contributed by atoms with Crippen molar-refractivity contribution in [3.05, 3.63) is 55.1 Å². The Labute approximate surface area is 130 Å². The maximum absolute atomic E-state index is 11.3. The third-order valence-corrected chi connectivity index (χ3v) is 3.11. The molecule has 2 aromatic rings. The monoisotopic (exact) mass is 300 g/mol. The quantitative estimate of drug-likeness (QED) is 0.554. The first-order valence-electron chi connectivity index (χ1n) is 7.25. The summed E-state index contributed by atoms with van der Waals surface area (Å²) in [7, 11) is 0. The van der Waals surface area contributed by atoms with Gasteiger partial charge in [-0.25, -0.2) is 4.79 Å². The fraction of sp³-hybridized carbons (Fsp3) is 0.278. The van der Waals surface area contributed by atoms with Crippen molar-refractivity contribution in [1.82, 2.24) is 0 Å². The second-order valence-corrected chi connectivity index (χ2v) is 4.74. The van der Waals surface area contributed by atoms with Gasteiger partial charge in [0.05, 0.1) is 6.61 Å². The molecule has 116 valence electrons. The second kappa shape index (κ2) is 8.20. The van der Waals surface area contributed by atoms with Crippen molar-refractivity contribution in [2.45, 2.75) is 13.0 Å². The molecule has 0 aromatic heterocycles. The molecular formula is C18H20O4. The predicted octanol–water partition coefficient (Wildman–Crippen LogP) is 3.35. The number of carbonyl (C=O) groups excluding carboxylic acids is 1. The number of rotatable bonds is 8. The van der Waals surface area contributed by atoms with Crippen molar-refractivity contribution in [3.8, 4) is 5.75 Å². The SMILES string of the molecule is C=CC(=O)OC(COCC)COc1ccc2ccccc2c1. The number of ether oxygens (including phenoxy) is 3. The lowest BCUT2D eigenvalue weighted by Gasteiger charge is -2.17. The standard InChI is InChI=1S/C18H20O4/c1-3-18(19)22-17(12-20-4-2)13-21-16-10-9-14-7-5-6-8-15(14)11-16/h3,5-11,17H,1,4,12-13H2,2H3. The molecule has 0 amide bonds. The molecule has 0 saturated heterocycles. The first kappa shape index (κ1) is 16.0. The zero-order valence-corrected chi connectivity index (χ0v) is 12.7. The number of esters is 1. The summed E-state index contributed by atoms with van der Waals surface area (Å²) >= 11 is 0. The van der Waals surface area contributed by atoms with Crippen molar-refractivity contribution < 1.29 is 19.0 Å². The Balaban J connectivity index is 1.99. The molecule has 0 spiro atoms. The lowest BCUT2D eigenvalue weighted by molar-refractivity contribution is -0.147. The molecule has 1 unspecified atom stereocenters. The van der Waals surface area contributed by atoms with Crippen LogP contribution in [0.5, 0.6) is 5.75 Å². The minimum absolute atomic E-state index is 0.234. The van der Waals surface area contributed by atoms with Crippen molar-refractivity contribution >= 4 is 16.7 Å². The van der Waals surface area contributed by atoms with Gasteiger partial charge in [-0.15, -0.1) is 0 Å². The van der Waals surface area contributed by atoms with Gasteiger partial charge in [0, 0.05) is 12.7 Å². The third-order valence-electron chi connectivity index (χ3n) is 3.11. The molecule has 0 bridgehead atoms. The predicted molar refractivity (Wildman–Crippen MR) is 86.0 cm³/mol. The van der Waals surface area contributed by atoms with E-state index in [0.29, 0.717) is 13.2 Å². The van der Waals surface area contributed by atoms with Crippen LogP contribution < -0.4 is 4.74 Å². The molecular weight excluding hydrogens is 280 g/mol. The zero-order valence-electron chi connectivity index (χ0n) is 12.7. The topological polar surface area (TPSA) is 44.8 Å². The lowest BCUT2D eigenvalue weighted by atomic mass is 10.1. The van der Waals surface area contributed by atoms with E-state index in [1.54, 1.807) is 0 Å². The highest BCUT2D eigenvalue weighted by molar-refractivity contribution is 5.83. The van der Waals surface area contributed by atoms with Gasteiger partial charge < -0.3 is 14.2 Å². The van der Waals surface area contributed by atoms with Gasteiger partial charge in [-0.3, -0.25) is 0 Å². The van der Waals surface area contributed by atoms with E-state index in [1.807, 2.05) is 49.4 Å². The Kier molecular flexibility index (Phi) is 5.98. The maximum Gasteiger partial charge on any atom is 0.330 e. The maximum atomic E-state index is 11.3. The van der Waals surface area contributed by atoms with Crippen molar-refractivity contribution in [1.29, 1.82) is 0 Å². The molecule has 0 N–H and O–H groups in total. The first-order chi connectivity index (χ1) is 10.7. The van der Waals surface area contributed by atoms with E-state index in [-0.39, 0.29) is 6.61 Å². The molecule has 0 aliphatic rings. The van der Waals surface area contributed by atoms with E-state index in [0.717, 1.165) is 22.6 Å². The molecule has 2 rings (SSSR count). The van der Waals surface area contributed by atoms with Crippen LogP contribution in [0.2, 0.25) is 0 Å². The molecule has 0 radical (unpaired) electrons. The summed E-state index contributed by atoms with van der Waals surface area (Å²) in [5.74, 6) is 0.252. The van der Waals surface area contributed by atoms with Gasteiger partial charge >= 0.3 is 5.97 Å². The normalized spacial score (nSPS) is 11.9. The molecule has 2 aromatic carbocycles. The fourth-order valence-corrected chi connectivity index (χ4v) is 2.02. The number of carbonyl (C=O) groups is 1. The highest BCUT2D eigenvalue weighted by atomic mass is 16.6. The smallest absolute Gasteiger partial charge is 0.330 e. The van der Waals surface area contributed by atoms with Crippen LogP contribution in [0.4, 0.5) is 0 Å². The summed E-state index contributed by atoms with van der Waals surface area (Å²) in [5, 5.41) is 2.25. The fourth-order valence-electron chi connectivity index (χ4n) is 2.02. The molecule has 0 saturated carbocycles. The van der Waals surface area contributed by atoms with Gasteiger partial charge in [-0.2, -0.15) is 0 Å². The number of fused-ring (bicyclic) bond motifs is 1. The Morgan fingerprint density at radius 2 is 1.95 bits per heavy atom. The number of hydrogen-bond acceptors (Lipinski definition) is 4. The van der Waals surface area contributed by atoms with E-state index in [9.17, 15) is 4.79 Å². The lowest BCUT2D eigenvalue weighted by Crippen LogP contribution is -2.29. The summed E-state index contributed by atoms with van der Waals surface area (Å²) in [6.45, 7) is 6.36. The minimum atomic E-state index is -0.480. The summed E-state index contributed by atoms with van der Waals surface area (Å²) in [6.07, 6.45) is 0.673. The Morgan fingerprint density at radius 3 is 2.68 bits per heavy atom. The summed E-state index contributed by atoms with van der Waals surface area (Å²) in [5.41, 5.74) is 0. The highest BCUT2D eigenvalue weighted by Crippen LogP contribution is 2.20. The molecule has 4 nitrogen and oxygen atoms in total. The Hall–Kier alpha value is -2.33. The molecule has 0 aliphatic heterocycles. The molecule has 0 fully saturated rings. The van der Waals surface area contributed by atoms with Gasteiger partial charge in [0.25, 0.3) is 0 Å². The van der Waals surface area contributed by atoms with Gasteiger partial charge in [0.15, 0.2) is 6.10 Å². The Bertz CT molecular complexity index is 636. The highest BCUT2D eigenvalue weighted by Gasteiger charge is 2.14. The molecule has 1 atom stereocenters. The van der Waals surface area contributed by atoms with Crippen LogP contribution in [0, 0.1) is 0 Å². The van der Waals surface area contributed by atoms with E-state index >= 15 is 0 Å². The van der Waals surface area contributed by atoms with Crippen LogP contribution in [0.1, 0.15) is 6.92 Å². The van der Waals surface area contributed by atoms with Crippen molar-refractivity contribution in [3.63, 3.8) is 0 Å². The summed E-state index contributed by atoms with van der Waals surface area (Å²) in [4.78, 5) is 11.3. The average Bonchev–Trinajstić information content (AvgIpc) is 2.56. The van der Waals surface area contributed by atoms with Gasteiger partial charge in [-0.05, 0) is 29.8 Å². The van der Waals surface area contributed by atoms with Crippen LogP contribution in [-0.4, -0.2) is 31.9 Å². The van der Waals surface area contributed by atoms with Gasteiger partial charge in [0.1, 0.15) is 12.4 Å². The minimum Gasteiger partial charge on any atom is -0.490 e. The van der Waals surface area contributed by atoms with Crippen LogP contribution in [0.3, 0.4) is 0 Å². The zero-order chi connectivity index (χ0) is 15.8.